The van der Waals surface area contributed by atoms with Gasteiger partial charge in [0.25, 0.3) is 0 Å². The maximum atomic E-state index is 5.92. The van der Waals surface area contributed by atoms with Gasteiger partial charge in [-0.1, -0.05) is 23.7 Å². The Labute approximate surface area is 153 Å². The van der Waals surface area contributed by atoms with Crippen LogP contribution in [0.15, 0.2) is 41.8 Å². The minimum absolute atomic E-state index is 0.565. The van der Waals surface area contributed by atoms with Gasteiger partial charge < -0.3 is 10.6 Å². The first kappa shape index (κ1) is 15.9. The standard InChI is InChI=1S/C17H15ClN6S/c1-10-8-14(24-23-10)21-16-15-13(6-7-25-15)20-17(22-16)19-9-11-2-4-12(18)5-3-11/h2-8H,9H2,1H3,(H3,19,20,21,22,23,24). The van der Waals surface area contributed by atoms with Gasteiger partial charge in [-0.2, -0.15) is 10.1 Å². The Bertz CT molecular complexity index is 1010. The van der Waals surface area contributed by atoms with Gasteiger partial charge in [0.2, 0.25) is 5.95 Å². The molecule has 6 nitrogen and oxygen atoms in total. The van der Waals surface area contributed by atoms with E-state index in [9.17, 15) is 0 Å². The number of thiophene rings is 1. The van der Waals surface area contributed by atoms with Crippen molar-refractivity contribution >= 4 is 50.7 Å². The smallest absolute Gasteiger partial charge is 0.225 e. The molecule has 3 heterocycles. The fourth-order valence-corrected chi connectivity index (χ4v) is 3.32. The minimum atomic E-state index is 0.565. The van der Waals surface area contributed by atoms with Crippen molar-refractivity contribution in [2.45, 2.75) is 13.5 Å². The number of nitrogens with zero attached hydrogens (tertiary/aromatic N) is 3. The van der Waals surface area contributed by atoms with Gasteiger partial charge in [-0.3, -0.25) is 5.10 Å². The molecule has 25 heavy (non-hydrogen) atoms. The fourth-order valence-electron chi connectivity index (χ4n) is 2.41. The number of rotatable bonds is 5. The van der Waals surface area contributed by atoms with E-state index >= 15 is 0 Å². The second kappa shape index (κ2) is 6.70. The SMILES string of the molecule is Cc1cc(Nc2nc(NCc3ccc(Cl)cc3)nc3ccsc23)n[nH]1. The van der Waals surface area contributed by atoms with E-state index in [1.54, 1.807) is 11.3 Å². The fraction of sp³-hybridized carbons (Fsp3) is 0.118. The highest BCUT2D eigenvalue weighted by atomic mass is 35.5. The maximum Gasteiger partial charge on any atom is 0.225 e. The van der Waals surface area contributed by atoms with E-state index in [-0.39, 0.29) is 0 Å². The molecular formula is C17H15ClN6S. The number of aryl methyl sites for hydroxylation is 1. The van der Waals surface area contributed by atoms with Crippen molar-refractivity contribution in [2.75, 3.05) is 10.6 Å². The summed E-state index contributed by atoms with van der Waals surface area (Å²) in [4.78, 5) is 9.18. The number of halogens is 1. The Balaban J connectivity index is 1.59. The molecule has 0 aliphatic heterocycles. The number of hydrogen-bond donors (Lipinski definition) is 3. The molecule has 0 spiro atoms. The molecule has 0 atom stereocenters. The number of benzene rings is 1. The average Bonchev–Trinajstić information content (AvgIpc) is 3.23. The van der Waals surface area contributed by atoms with Crippen molar-refractivity contribution in [3.8, 4) is 0 Å². The maximum absolute atomic E-state index is 5.92. The number of H-pyrrole nitrogens is 1. The monoisotopic (exact) mass is 370 g/mol. The van der Waals surface area contributed by atoms with Crippen molar-refractivity contribution in [1.29, 1.82) is 0 Å². The van der Waals surface area contributed by atoms with Crippen LogP contribution in [0.4, 0.5) is 17.6 Å². The van der Waals surface area contributed by atoms with E-state index in [0.717, 1.165) is 38.1 Å². The van der Waals surface area contributed by atoms with Crippen LogP contribution in [0.25, 0.3) is 10.2 Å². The summed E-state index contributed by atoms with van der Waals surface area (Å²) >= 11 is 7.52. The van der Waals surface area contributed by atoms with E-state index < -0.39 is 0 Å². The van der Waals surface area contributed by atoms with Crippen molar-refractivity contribution < 1.29 is 0 Å². The summed E-state index contributed by atoms with van der Waals surface area (Å²) in [5.74, 6) is 2.04. The first-order valence-corrected chi connectivity index (χ1v) is 8.96. The van der Waals surface area contributed by atoms with Gasteiger partial charge >= 0.3 is 0 Å². The Kier molecular flexibility index (Phi) is 4.25. The third kappa shape index (κ3) is 3.57. The van der Waals surface area contributed by atoms with Crippen molar-refractivity contribution in [3.63, 3.8) is 0 Å². The molecule has 4 rings (SSSR count). The summed E-state index contributed by atoms with van der Waals surface area (Å²) in [5, 5.41) is 16.4. The highest BCUT2D eigenvalue weighted by molar-refractivity contribution is 7.17. The normalized spacial score (nSPS) is 11.0. The van der Waals surface area contributed by atoms with E-state index in [1.165, 1.54) is 0 Å². The first-order chi connectivity index (χ1) is 12.2. The molecule has 0 unspecified atom stereocenters. The zero-order valence-electron chi connectivity index (χ0n) is 13.4. The molecule has 4 aromatic rings. The number of aromatic nitrogens is 4. The largest absolute Gasteiger partial charge is 0.350 e. The zero-order valence-corrected chi connectivity index (χ0v) is 14.9. The van der Waals surface area contributed by atoms with Crippen LogP contribution in [-0.4, -0.2) is 20.2 Å². The van der Waals surface area contributed by atoms with Crippen molar-refractivity contribution in [2.24, 2.45) is 0 Å². The van der Waals surface area contributed by atoms with E-state index in [2.05, 4.69) is 30.8 Å². The molecule has 8 heteroatoms. The van der Waals surface area contributed by atoms with Crippen LogP contribution in [0.1, 0.15) is 11.3 Å². The summed E-state index contributed by atoms with van der Waals surface area (Å²) in [5.41, 5.74) is 2.99. The molecule has 0 aliphatic rings. The minimum Gasteiger partial charge on any atom is -0.350 e. The van der Waals surface area contributed by atoms with Gasteiger partial charge in [-0.05, 0) is 36.1 Å². The molecule has 1 aromatic carbocycles. The van der Waals surface area contributed by atoms with E-state index in [4.69, 9.17) is 11.6 Å². The Morgan fingerprint density at radius 1 is 1.16 bits per heavy atom. The molecular weight excluding hydrogens is 356 g/mol. The van der Waals surface area contributed by atoms with Crippen LogP contribution in [0.5, 0.6) is 0 Å². The zero-order chi connectivity index (χ0) is 17.2. The van der Waals surface area contributed by atoms with Crippen LogP contribution in [0, 0.1) is 6.92 Å². The number of aromatic amines is 1. The summed E-state index contributed by atoms with van der Waals surface area (Å²) in [7, 11) is 0. The third-order valence-corrected chi connectivity index (χ3v) is 4.78. The molecule has 3 aromatic heterocycles. The number of hydrogen-bond acceptors (Lipinski definition) is 6. The topological polar surface area (TPSA) is 78.5 Å². The quantitative estimate of drug-likeness (QED) is 0.473. The molecule has 3 N–H and O–H groups in total. The van der Waals surface area contributed by atoms with Gasteiger partial charge in [-0.15, -0.1) is 11.3 Å². The molecule has 0 saturated carbocycles. The van der Waals surface area contributed by atoms with Crippen LogP contribution >= 0.6 is 22.9 Å². The van der Waals surface area contributed by atoms with Crippen LogP contribution in [0.2, 0.25) is 5.02 Å². The molecule has 0 amide bonds. The third-order valence-electron chi connectivity index (χ3n) is 3.62. The van der Waals surface area contributed by atoms with E-state index in [0.29, 0.717) is 12.5 Å². The Morgan fingerprint density at radius 3 is 2.76 bits per heavy atom. The predicted molar refractivity (Wildman–Crippen MR) is 103 cm³/mol. The molecule has 126 valence electrons. The van der Waals surface area contributed by atoms with Crippen molar-refractivity contribution in [3.05, 3.63) is 58.1 Å². The molecule has 0 bridgehead atoms. The first-order valence-electron chi connectivity index (χ1n) is 7.70. The second-order valence-electron chi connectivity index (χ2n) is 5.57. The highest BCUT2D eigenvalue weighted by Gasteiger charge is 2.10. The van der Waals surface area contributed by atoms with Crippen LogP contribution < -0.4 is 10.6 Å². The van der Waals surface area contributed by atoms with E-state index in [1.807, 2.05) is 48.7 Å². The lowest BCUT2D eigenvalue weighted by Gasteiger charge is -2.09. The van der Waals surface area contributed by atoms with Crippen LogP contribution in [-0.2, 0) is 6.54 Å². The number of fused-ring (bicyclic) bond motifs is 1. The summed E-state index contributed by atoms with van der Waals surface area (Å²) in [6.45, 7) is 2.58. The summed E-state index contributed by atoms with van der Waals surface area (Å²) in [6.07, 6.45) is 0. The summed E-state index contributed by atoms with van der Waals surface area (Å²) in [6, 6.07) is 11.6. The number of anilines is 3. The second-order valence-corrected chi connectivity index (χ2v) is 6.92. The van der Waals surface area contributed by atoms with Gasteiger partial charge in [0, 0.05) is 23.3 Å². The average molecular weight is 371 g/mol. The Morgan fingerprint density at radius 2 is 2.00 bits per heavy atom. The highest BCUT2D eigenvalue weighted by Crippen LogP contribution is 2.29. The predicted octanol–water partition coefficient (Wildman–Crippen LogP) is 4.73. The lowest BCUT2D eigenvalue weighted by atomic mass is 10.2. The lowest BCUT2D eigenvalue weighted by Crippen LogP contribution is -2.05. The van der Waals surface area contributed by atoms with Gasteiger partial charge in [-0.25, -0.2) is 4.98 Å². The van der Waals surface area contributed by atoms with Crippen molar-refractivity contribution in [1.82, 2.24) is 20.2 Å². The lowest BCUT2D eigenvalue weighted by molar-refractivity contribution is 1.04. The summed E-state index contributed by atoms with van der Waals surface area (Å²) < 4.78 is 0.998. The Hall–Kier alpha value is -2.64. The molecule has 0 aliphatic carbocycles. The number of nitrogens with one attached hydrogen (secondary N) is 3. The molecule has 0 fully saturated rings. The molecule has 0 radical (unpaired) electrons. The van der Waals surface area contributed by atoms with Crippen LogP contribution in [0.3, 0.4) is 0 Å². The van der Waals surface area contributed by atoms with Gasteiger partial charge in [0.05, 0.1) is 10.2 Å². The van der Waals surface area contributed by atoms with Gasteiger partial charge in [0.1, 0.15) is 0 Å². The van der Waals surface area contributed by atoms with Gasteiger partial charge in [0.15, 0.2) is 11.6 Å². The molecule has 0 saturated heterocycles.